The van der Waals surface area contributed by atoms with Crippen molar-refractivity contribution in [2.45, 2.75) is 94.9 Å². The van der Waals surface area contributed by atoms with E-state index in [1.165, 1.54) is 38.5 Å². The van der Waals surface area contributed by atoms with Gasteiger partial charge >= 0.3 is 6.03 Å². The quantitative estimate of drug-likeness (QED) is 0.371. The van der Waals surface area contributed by atoms with E-state index in [-0.39, 0.29) is 30.4 Å². The summed E-state index contributed by atoms with van der Waals surface area (Å²) in [5, 5.41) is 16.0. The molecule has 0 radical (unpaired) electrons. The lowest BCUT2D eigenvalue weighted by Crippen LogP contribution is -2.60. The first kappa shape index (κ1) is 27.4. The van der Waals surface area contributed by atoms with Gasteiger partial charge in [-0.3, -0.25) is 0 Å². The second-order valence-corrected chi connectivity index (χ2v) is 13.6. The van der Waals surface area contributed by atoms with Crippen LogP contribution in [0.5, 0.6) is 0 Å². The fourth-order valence-corrected chi connectivity index (χ4v) is 8.85. The molecule has 2 aromatic carbocycles. The molecule has 7 heteroatoms. The Morgan fingerprint density at radius 2 is 1.46 bits per heavy atom. The van der Waals surface area contributed by atoms with Crippen LogP contribution >= 0.6 is 0 Å². The number of anilines is 1. The van der Waals surface area contributed by atoms with Crippen molar-refractivity contribution in [1.82, 2.24) is 10.2 Å². The summed E-state index contributed by atoms with van der Waals surface area (Å²) in [6, 6.07) is 15.9. The van der Waals surface area contributed by atoms with Crippen LogP contribution in [0.3, 0.4) is 0 Å². The smallest absolute Gasteiger partial charge is 0.319 e. The number of ether oxygens (including phenoxy) is 2. The fourth-order valence-electron chi connectivity index (χ4n) is 8.85. The molecular formula is C34H45N3O4. The van der Waals surface area contributed by atoms with Crippen molar-refractivity contribution in [3.63, 3.8) is 0 Å². The zero-order valence-corrected chi connectivity index (χ0v) is 24.1. The first-order valence-electron chi connectivity index (χ1n) is 15.9. The van der Waals surface area contributed by atoms with E-state index in [9.17, 15) is 9.90 Å². The van der Waals surface area contributed by atoms with Crippen molar-refractivity contribution in [2.24, 2.45) is 17.8 Å². The topological polar surface area (TPSA) is 83.1 Å². The molecule has 220 valence electrons. The van der Waals surface area contributed by atoms with Gasteiger partial charge in [0.2, 0.25) is 0 Å². The lowest BCUT2D eigenvalue weighted by Gasteiger charge is -2.56. The van der Waals surface area contributed by atoms with Crippen molar-refractivity contribution in [3.05, 3.63) is 65.2 Å². The van der Waals surface area contributed by atoms with Gasteiger partial charge in [-0.2, -0.15) is 0 Å². The van der Waals surface area contributed by atoms with Gasteiger partial charge in [0.05, 0.1) is 18.8 Å². The summed E-state index contributed by atoms with van der Waals surface area (Å²) >= 11 is 0. The molecule has 3 unspecified atom stereocenters. The van der Waals surface area contributed by atoms with E-state index in [2.05, 4.69) is 27.7 Å². The third-order valence-corrected chi connectivity index (χ3v) is 10.4. The van der Waals surface area contributed by atoms with Crippen molar-refractivity contribution in [1.29, 1.82) is 0 Å². The number of rotatable bonds is 7. The number of nitrogens with zero attached hydrogens (tertiary/aromatic N) is 1. The predicted molar refractivity (Wildman–Crippen MR) is 158 cm³/mol. The molecule has 2 saturated heterocycles. The molecule has 4 bridgehead atoms. The average Bonchev–Trinajstić information content (AvgIpc) is 2.97. The van der Waals surface area contributed by atoms with Crippen LogP contribution in [-0.4, -0.2) is 47.3 Å². The van der Waals surface area contributed by atoms with E-state index < -0.39 is 6.29 Å². The van der Waals surface area contributed by atoms with Crippen LogP contribution in [0.15, 0.2) is 48.5 Å². The molecule has 3 N–H and O–H groups in total. The molecule has 2 aromatic rings. The number of benzene rings is 2. The Morgan fingerprint density at radius 1 is 0.829 bits per heavy atom. The maximum absolute atomic E-state index is 13.1. The Bertz CT molecular complexity index is 1160. The first-order valence-corrected chi connectivity index (χ1v) is 15.9. The molecule has 6 aliphatic rings. The molecule has 2 heterocycles. The lowest BCUT2D eigenvalue weighted by atomic mass is 9.53. The minimum Gasteiger partial charge on any atom is -0.392 e. The highest BCUT2D eigenvalue weighted by Gasteiger charge is 2.51. The Labute approximate surface area is 244 Å². The number of carbonyl (C=O) groups excluding carboxylic acids is 1. The number of piperidine rings is 1. The minimum atomic E-state index is -0.476. The number of carbonyl (C=O) groups is 1. The third-order valence-electron chi connectivity index (χ3n) is 10.4. The van der Waals surface area contributed by atoms with Gasteiger partial charge in [0.1, 0.15) is 0 Å². The summed E-state index contributed by atoms with van der Waals surface area (Å²) < 4.78 is 13.1. The van der Waals surface area contributed by atoms with Crippen LogP contribution in [0.25, 0.3) is 0 Å². The van der Waals surface area contributed by atoms with Crippen molar-refractivity contribution in [3.8, 4) is 0 Å². The molecule has 0 spiro atoms. The Balaban J connectivity index is 1.02. The van der Waals surface area contributed by atoms with Crippen molar-refractivity contribution < 1.29 is 19.4 Å². The number of hydrogen-bond donors (Lipinski definition) is 3. The standard InChI is InChI=1S/C34H45N3O4/c38-22-23-4-6-27(7-5-23)31-17-30(21-37-12-2-1-3-13-37)40-32(41-31)28-8-10-29(11-9-28)35-33(39)36-34-18-24-14-25(19-34)16-26(15-24)20-34/h4-11,24-26,30-32,38H,1-3,12-22H2,(H2,35,36,39). The summed E-state index contributed by atoms with van der Waals surface area (Å²) in [4.78, 5) is 15.6. The zero-order valence-electron chi connectivity index (χ0n) is 24.1. The molecule has 0 aromatic heterocycles. The van der Waals surface area contributed by atoms with Crippen LogP contribution in [0.2, 0.25) is 0 Å². The summed E-state index contributed by atoms with van der Waals surface area (Å²) in [7, 11) is 0. The number of likely N-dealkylation sites (tertiary alicyclic amines) is 1. The molecule has 2 amide bonds. The van der Waals surface area contributed by atoms with Gasteiger partial charge in [-0.05, 0) is 105 Å². The summed E-state index contributed by atoms with van der Waals surface area (Å²) in [5.74, 6) is 2.39. The normalized spacial score (nSPS) is 34.9. The molecule has 4 saturated carbocycles. The number of urea groups is 1. The van der Waals surface area contributed by atoms with E-state index in [4.69, 9.17) is 9.47 Å². The highest BCUT2D eigenvalue weighted by molar-refractivity contribution is 5.89. The molecule has 4 aliphatic carbocycles. The molecule has 3 atom stereocenters. The Hall–Kier alpha value is -2.45. The highest BCUT2D eigenvalue weighted by atomic mass is 16.7. The van der Waals surface area contributed by atoms with E-state index >= 15 is 0 Å². The molecular weight excluding hydrogens is 514 g/mol. The van der Waals surface area contributed by atoms with Gasteiger partial charge in [0, 0.05) is 29.8 Å². The minimum absolute atomic E-state index is 0.00366. The van der Waals surface area contributed by atoms with E-state index in [1.54, 1.807) is 0 Å². The Morgan fingerprint density at radius 3 is 2.10 bits per heavy atom. The third kappa shape index (κ3) is 6.19. The Kier molecular flexibility index (Phi) is 7.80. The number of amides is 2. The monoisotopic (exact) mass is 559 g/mol. The summed E-state index contributed by atoms with van der Waals surface area (Å²) in [5.41, 5.74) is 3.75. The largest absolute Gasteiger partial charge is 0.392 e. The highest BCUT2D eigenvalue weighted by Crippen LogP contribution is 2.55. The molecule has 8 rings (SSSR count). The lowest BCUT2D eigenvalue weighted by molar-refractivity contribution is -0.253. The van der Waals surface area contributed by atoms with Crippen LogP contribution in [0.4, 0.5) is 10.5 Å². The van der Waals surface area contributed by atoms with E-state index in [0.29, 0.717) is 0 Å². The number of aliphatic hydroxyl groups is 1. The number of nitrogens with one attached hydrogen (secondary N) is 2. The SMILES string of the molecule is O=C(Nc1ccc(C2OC(CN3CCCCC3)CC(c3ccc(CO)cc3)O2)cc1)NC12CC3CC(CC(C3)C1)C2. The number of hydrogen-bond acceptors (Lipinski definition) is 5. The van der Waals surface area contributed by atoms with Crippen LogP contribution in [0, 0.1) is 17.8 Å². The second kappa shape index (κ2) is 11.7. The summed E-state index contributed by atoms with van der Waals surface area (Å²) in [6.45, 7) is 3.21. The number of aliphatic hydroxyl groups excluding tert-OH is 1. The van der Waals surface area contributed by atoms with Crippen LogP contribution < -0.4 is 10.6 Å². The van der Waals surface area contributed by atoms with E-state index in [0.717, 1.165) is 85.4 Å². The van der Waals surface area contributed by atoms with Gasteiger partial charge < -0.3 is 30.1 Å². The van der Waals surface area contributed by atoms with Gasteiger partial charge in [0.25, 0.3) is 0 Å². The second-order valence-electron chi connectivity index (χ2n) is 13.6. The molecule has 6 fully saturated rings. The molecule has 7 nitrogen and oxygen atoms in total. The zero-order chi connectivity index (χ0) is 27.8. The van der Waals surface area contributed by atoms with Crippen molar-refractivity contribution in [2.75, 3.05) is 25.0 Å². The van der Waals surface area contributed by atoms with Gasteiger partial charge in [-0.25, -0.2) is 4.79 Å². The predicted octanol–water partition coefficient (Wildman–Crippen LogP) is 6.30. The average molecular weight is 560 g/mol. The fraction of sp³-hybridized carbons (Fsp3) is 0.618. The maximum atomic E-state index is 13.1. The molecule has 2 aliphatic heterocycles. The first-order chi connectivity index (χ1) is 20.0. The van der Waals surface area contributed by atoms with Crippen LogP contribution in [0.1, 0.15) is 93.3 Å². The maximum Gasteiger partial charge on any atom is 0.319 e. The van der Waals surface area contributed by atoms with Gasteiger partial charge in [0.15, 0.2) is 6.29 Å². The molecule has 41 heavy (non-hydrogen) atoms. The van der Waals surface area contributed by atoms with Crippen molar-refractivity contribution >= 4 is 11.7 Å². The van der Waals surface area contributed by atoms with Crippen LogP contribution in [-0.2, 0) is 16.1 Å². The van der Waals surface area contributed by atoms with E-state index in [1.807, 2.05) is 36.4 Å². The van der Waals surface area contributed by atoms with Gasteiger partial charge in [-0.15, -0.1) is 0 Å². The summed E-state index contributed by atoms with van der Waals surface area (Å²) in [6.07, 6.45) is 11.7. The van der Waals surface area contributed by atoms with Gasteiger partial charge in [-0.1, -0.05) is 42.8 Å².